The van der Waals surface area contributed by atoms with Crippen LogP contribution in [0.2, 0.25) is 10.0 Å². The van der Waals surface area contributed by atoms with Crippen molar-refractivity contribution in [3.63, 3.8) is 0 Å². The standard InChI is InChI=1S/C19H17Cl2N5O4/c1-3-26-16-11(17(28)24-19(26)30)7-10(8-22-16)18(29)25(2)9-14(27)23-15-12(20)5-4-6-13(15)21/h4-8H,3,9H2,1-2H3,(H,23,27)(H,24,28,30). The first kappa shape index (κ1) is 21.5. The molecular weight excluding hydrogens is 433 g/mol. The van der Waals surface area contributed by atoms with Crippen molar-refractivity contribution in [1.82, 2.24) is 19.4 Å². The van der Waals surface area contributed by atoms with Gasteiger partial charge in [-0.2, -0.15) is 0 Å². The summed E-state index contributed by atoms with van der Waals surface area (Å²) in [6.45, 7) is 1.75. The quantitative estimate of drug-likeness (QED) is 0.618. The summed E-state index contributed by atoms with van der Waals surface area (Å²) in [4.78, 5) is 56.5. The molecular formula is C19H17Cl2N5O4. The Labute approximate surface area is 180 Å². The number of likely N-dealkylation sites (N-methyl/N-ethyl adjacent to an activating group) is 1. The summed E-state index contributed by atoms with van der Waals surface area (Å²) in [5.41, 5.74) is -0.690. The number of carbonyl (C=O) groups is 2. The van der Waals surface area contributed by atoms with Gasteiger partial charge in [0.2, 0.25) is 5.91 Å². The largest absolute Gasteiger partial charge is 0.332 e. The van der Waals surface area contributed by atoms with Crippen molar-refractivity contribution in [1.29, 1.82) is 0 Å². The molecule has 9 nitrogen and oxygen atoms in total. The molecule has 30 heavy (non-hydrogen) atoms. The minimum Gasteiger partial charge on any atom is -0.332 e. The third kappa shape index (κ3) is 4.22. The maximum atomic E-state index is 12.7. The van der Waals surface area contributed by atoms with E-state index in [1.807, 2.05) is 0 Å². The predicted molar refractivity (Wildman–Crippen MR) is 114 cm³/mol. The molecule has 2 heterocycles. The van der Waals surface area contributed by atoms with Gasteiger partial charge in [0.25, 0.3) is 11.5 Å². The number of fused-ring (bicyclic) bond motifs is 1. The number of hydrogen-bond acceptors (Lipinski definition) is 5. The van der Waals surface area contributed by atoms with Crippen LogP contribution in [0, 0.1) is 0 Å². The lowest BCUT2D eigenvalue weighted by Crippen LogP contribution is -2.35. The first-order chi connectivity index (χ1) is 14.2. The number of H-pyrrole nitrogens is 1. The molecule has 0 fully saturated rings. The van der Waals surface area contributed by atoms with Crippen LogP contribution >= 0.6 is 23.2 Å². The highest BCUT2D eigenvalue weighted by Crippen LogP contribution is 2.29. The number of aryl methyl sites for hydroxylation is 1. The Morgan fingerprint density at radius 3 is 2.53 bits per heavy atom. The third-order valence-corrected chi connectivity index (χ3v) is 4.98. The van der Waals surface area contributed by atoms with E-state index in [0.29, 0.717) is 6.54 Å². The van der Waals surface area contributed by atoms with Crippen LogP contribution < -0.4 is 16.6 Å². The van der Waals surface area contributed by atoms with Crippen molar-refractivity contribution in [3.8, 4) is 0 Å². The molecule has 0 bridgehead atoms. The Bertz CT molecular complexity index is 1250. The van der Waals surface area contributed by atoms with Gasteiger partial charge in [-0.05, 0) is 25.1 Å². The Balaban J connectivity index is 1.82. The molecule has 0 aliphatic rings. The molecule has 2 amide bonds. The van der Waals surface area contributed by atoms with Crippen molar-refractivity contribution in [2.75, 3.05) is 18.9 Å². The Morgan fingerprint density at radius 2 is 1.90 bits per heavy atom. The van der Waals surface area contributed by atoms with Crippen LogP contribution in [-0.2, 0) is 11.3 Å². The minimum atomic E-state index is -0.643. The molecule has 0 atom stereocenters. The predicted octanol–water partition coefficient (Wildman–Crippen LogP) is 2.12. The average Bonchev–Trinajstić information content (AvgIpc) is 2.70. The lowest BCUT2D eigenvalue weighted by Gasteiger charge is -2.18. The number of benzene rings is 1. The van der Waals surface area contributed by atoms with Crippen molar-refractivity contribution in [3.05, 3.63) is 66.9 Å². The summed E-state index contributed by atoms with van der Waals surface area (Å²) < 4.78 is 1.29. The van der Waals surface area contributed by atoms with Gasteiger partial charge in [-0.1, -0.05) is 29.3 Å². The molecule has 0 unspecified atom stereocenters. The first-order valence-corrected chi connectivity index (χ1v) is 9.60. The van der Waals surface area contributed by atoms with Gasteiger partial charge in [0, 0.05) is 19.8 Å². The van der Waals surface area contributed by atoms with Gasteiger partial charge in [0.15, 0.2) is 0 Å². The normalized spacial score (nSPS) is 10.8. The Kier molecular flexibility index (Phi) is 6.23. The van der Waals surface area contributed by atoms with E-state index in [2.05, 4.69) is 15.3 Å². The highest BCUT2D eigenvalue weighted by atomic mass is 35.5. The van der Waals surface area contributed by atoms with Gasteiger partial charge < -0.3 is 10.2 Å². The number of halogens is 2. The third-order valence-electron chi connectivity index (χ3n) is 4.35. The fraction of sp³-hybridized carbons (Fsp3) is 0.211. The molecule has 0 radical (unpaired) electrons. The van der Waals surface area contributed by atoms with Crippen molar-refractivity contribution in [2.24, 2.45) is 0 Å². The number of para-hydroxylation sites is 1. The van der Waals surface area contributed by atoms with E-state index >= 15 is 0 Å². The van der Waals surface area contributed by atoms with Crippen LogP contribution in [0.3, 0.4) is 0 Å². The molecule has 0 saturated carbocycles. The topological polar surface area (TPSA) is 117 Å². The fourth-order valence-corrected chi connectivity index (χ4v) is 3.37. The second kappa shape index (κ2) is 8.68. The number of anilines is 1. The summed E-state index contributed by atoms with van der Waals surface area (Å²) >= 11 is 12.1. The number of rotatable bonds is 5. The average molecular weight is 450 g/mol. The summed E-state index contributed by atoms with van der Waals surface area (Å²) in [5.74, 6) is -1.04. The highest BCUT2D eigenvalue weighted by molar-refractivity contribution is 6.39. The lowest BCUT2D eigenvalue weighted by molar-refractivity contribution is -0.116. The maximum absolute atomic E-state index is 12.7. The molecule has 156 valence electrons. The van der Waals surface area contributed by atoms with Crippen LogP contribution in [0.1, 0.15) is 17.3 Å². The molecule has 3 rings (SSSR count). The van der Waals surface area contributed by atoms with Crippen molar-refractivity contribution < 1.29 is 9.59 Å². The summed E-state index contributed by atoms with van der Waals surface area (Å²) in [7, 11) is 1.43. The van der Waals surface area contributed by atoms with Crippen LogP contribution in [-0.4, -0.2) is 44.8 Å². The lowest BCUT2D eigenvalue weighted by atomic mass is 10.2. The smallest absolute Gasteiger partial charge is 0.329 e. The minimum absolute atomic E-state index is 0.0976. The van der Waals surface area contributed by atoms with E-state index in [9.17, 15) is 19.2 Å². The number of nitrogens with one attached hydrogen (secondary N) is 2. The summed E-state index contributed by atoms with van der Waals surface area (Å²) in [6, 6.07) is 6.13. The van der Waals surface area contributed by atoms with Crippen LogP contribution in [0.15, 0.2) is 40.1 Å². The molecule has 0 saturated heterocycles. The zero-order valence-corrected chi connectivity index (χ0v) is 17.5. The number of hydrogen-bond donors (Lipinski definition) is 2. The highest BCUT2D eigenvalue weighted by Gasteiger charge is 2.19. The van der Waals surface area contributed by atoms with Gasteiger partial charge >= 0.3 is 5.69 Å². The second-order valence-corrected chi connectivity index (χ2v) is 7.22. The second-order valence-electron chi connectivity index (χ2n) is 6.40. The molecule has 11 heteroatoms. The maximum Gasteiger partial charge on any atom is 0.329 e. The zero-order valence-electron chi connectivity index (χ0n) is 16.0. The molecule has 3 aromatic rings. The SMILES string of the molecule is CCn1c(=O)[nH]c(=O)c2cc(C(=O)N(C)CC(=O)Nc3c(Cl)cccc3Cl)cnc21. The first-order valence-electron chi connectivity index (χ1n) is 8.85. The molecule has 0 spiro atoms. The van der Waals surface area contributed by atoms with Gasteiger partial charge in [-0.3, -0.25) is 23.9 Å². The van der Waals surface area contributed by atoms with E-state index < -0.39 is 23.1 Å². The van der Waals surface area contributed by atoms with Crippen LogP contribution in [0.4, 0.5) is 5.69 Å². The van der Waals surface area contributed by atoms with E-state index in [4.69, 9.17) is 23.2 Å². The Morgan fingerprint density at radius 1 is 1.23 bits per heavy atom. The number of aromatic amines is 1. The monoisotopic (exact) mass is 449 g/mol. The summed E-state index contributed by atoms with van der Waals surface area (Å²) in [6.07, 6.45) is 1.26. The van der Waals surface area contributed by atoms with Gasteiger partial charge in [-0.15, -0.1) is 0 Å². The van der Waals surface area contributed by atoms with Gasteiger partial charge in [0.1, 0.15) is 5.65 Å². The zero-order chi connectivity index (χ0) is 22.0. The van der Waals surface area contributed by atoms with E-state index in [1.54, 1.807) is 25.1 Å². The van der Waals surface area contributed by atoms with Crippen LogP contribution in [0.5, 0.6) is 0 Å². The van der Waals surface area contributed by atoms with Gasteiger partial charge in [-0.25, -0.2) is 9.78 Å². The molecule has 2 aromatic heterocycles. The molecule has 0 aliphatic carbocycles. The van der Waals surface area contributed by atoms with E-state index in [1.165, 1.54) is 23.9 Å². The molecule has 1 aromatic carbocycles. The number of aromatic nitrogens is 3. The van der Waals surface area contributed by atoms with Gasteiger partial charge in [0.05, 0.1) is 33.2 Å². The Hall–Kier alpha value is -3.17. The number of pyridine rings is 1. The summed E-state index contributed by atoms with van der Waals surface area (Å²) in [5, 5.41) is 3.21. The number of carbonyl (C=O) groups excluding carboxylic acids is 2. The van der Waals surface area contributed by atoms with Crippen molar-refractivity contribution in [2.45, 2.75) is 13.5 Å². The molecule has 0 aliphatic heterocycles. The van der Waals surface area contributed by atoms with E-state index in [-0.39, 0.29) is 38.9 Å². The fourth-order valence-electron chi connectivity index (χ4n) is 2.88. The number of amides is 2. The van der Waals surface area contributed by atoms with Crippen LogP contribution in [0.25, 0.3) is 11.0 Å². The number of nitrogens with zero attached hydrogens (tertiary/aromatic N) is 3. The van der Waals surface area contributed by atoms with Crippen molar-refractivity contribution >= 4 is 51.7 Å². The van der Waals surface area contributed by atoms with E-state index in [0.717, 1.165) is 4.90 Å². The molecule has 2 N–H and O–H groups in total.